The number of carbonyl (C=O) groups is 1. The Labute approximate surface area is 133 Å². The molecule has 0 amide bonds. The number of rotatable bonds is 3. The quantitative estimate of drug-likeness (QED) is 0.740. The van der Waals surface area contributed by atoms with Crippen molar-refractivity contribution in [2.75, 3.05) is 6.61 Å². The van der Waals surface area contributed by atoms with E-state index in [1.165, 1.54) is 0 Å². The number of para-hydroxylation sites is 1. The second-order valence-electron chi connectivity index (χ2n) is 5.48. The first kappa shape index (κ1) is 14.3. The number of ketones is 1. The Balaban J connectivity index is 1.83. The van der Waals surface area contributed by atoms with Crippen LogP contribution in [0, 0.1) is 6.92 Å². The van der Waals surface area contributed by atoms with Crippen LogP contribution in [0.25, 0.3) is 0 Å². The summed E-state index contributed by atoms with van der Waals surface area (Å²) in [4.78, 5) is 12.6. The van der Waals surface area contributed by atoms with Crippen LogP contribution >= 0.6 is 15.9 Å². The van der Waals surface area contributed by atoms with Crippen molar-refractivity contribution in [1.82, 2.24) is 0 Å². The highest BCUT2D eigenvalue weighted by Gasteiger charge is 2.24. The van der Waals surface area contributed by atoms with E-state index in [2.05, 4.69) is 22.0 Å². The van der Waals surface area contributed by atoms with Gasteiger partial charge in [0.15, 0.2) is 5.78 Å². The van der Waals surface area contributed by atoms with Gasteiger partial charge in [0.05, 0.1) is 6.61 Å². The van der Waals surface area contributed by atoms with Gasteiger partial charge in [-0.2, -0.15) is 0 Å². The van der Waals surface area contributed by atoms with Gasteiger partial charge < -0.3 is 4.74 Å². The van der Waals surface area contributed by atoms with Crippen molar-refractivity contribution in [3.63, 3.8) is 0 Å². The standard InChI is InChI=1S/C18H17BrO2/c1-12-6-7-15(16(19)10-12)17(20)11-13-8-9-21-18-5-3-2-4-14(13)18/h2-7,10,13H,8-9,11H2,1H3. The molecule has 2 aromatic rings. The number of halogens is 1. The van der Waals surface area contributed by atoms with E-state index in [-0.39, 0.29) is 11.7 Å². The van der Waals surface area contributed by atoms with Gasteiger partial charge in [-0.05, 0) is 42.5 Å². The number of Topliss-reactive ketones (excluding diaryl/α,β-unsaturated/α-hetero) is 1. The van der Waals surface area contributed by atoms with Crippen molar-refractivity contribution in [3.8, 4) is 5.75 Å². The van der Waals surface area contributed by atoms with Crippen molar-refractivity contribution in [3.05, 3.63) is 63.6 Å². The average molecular weight is 345 g/mol. The van der Waals surface area contributed by atoms with Gasteiger partial charge in [-0.1, -0.05) is 46.3 Å². The fraction of sp³-hybridized carbons (Fsp3) is 0.278. The van der Waals surface area contributed by atoms with Crippen LogP contribution in [0.3, 0.4) is 0 Å². The minimum atomic E-state index is 0.184. The summed E-state index contributed by atoms with van der Waals surface area (Å²) in [7, 11) is 0. The predicted molar refractivity (Wildman–Crippen MR) is 87.1 cm³/mol. The maximum absolute atomic E-state index is 12.6. The molecule has 1 unspecified atom stereocenters. The van der Waals surface area contributed by atoms with Crippen LogP contribution in [0.15, 0.2) is 46.9 Å². The summed E-state index contributed by atoms with van der Waals surface area (Å²) in [5.74, 6) is 1.35. The van der Waals surface area contributed by atoms with E-state index in [1.54, 1.807) is 0 Å². The molecule has 1 aliphatic rings. The van der Waals surface area contributed by atoms with Gasteiger partial charge in [0.1, 0.15) is 5.75 Å². The monoisotopic (exact) mass is 344 g/mol. The first-order valence-corrected chi connectivity index (χ1v) is 7.95. The third-order valence-corrected chi connectivity index (χ3v) is 4.60. The Morgan fingerprint density at radius 1 is 1.29 bits per heavy atom. The Morgan fingerprint density at radius 2 is 2.10 bits per heavy atom. The van der Waals surface area contributed by atoms with Crippen molar-refractivity contribution < 1.29 is 9.53 Å². The van der Waals surface area contributed by atoms with E-state index in [0.717, 1.165) is 33.3 Å². The molecule has 2 nitrogen and oxygen atoms in total. The van der Waals surface area contributed by atoms with Crippen molar-refractivity contribution in [2.24, 2.45) is 0 Å². The first-order valence-electron chi connectivity index (χ1n) is 7.16. The van der Waals surface area contributed by atoms with E-state index in [0.29, 0.717) is 13.0 Å². The van der Waals surface area contributed by atoms with Crippen LogP contribution in [0.1, 0.15) is 40.2 Å². The third-order valence-electron chi connectivity index (χ3n) is 3.94. The molecule has 1 atom stereocenters. The summed E-state index contributed by atoms with van der Waals surface area (Å²) in [6, 6.07) is 13.9. The minimum absolute atomic E-state index is 0.184. The molecule has 0 saturated heterocycles. The highest BCUT2D eigenvalue weighted by atomic mass is 79.9. The molecule has 3 rings (SSSR count). The summed E-state index contributed by atoms with van der Waals surface area (Å²) in [5, 5.41) is 0. The van der Waals surface area contributed by atoms with Gasteiger partial charge in [-0.25, -0.2) is 0 Å². The maximum atomic E-state index is 12.6. The number of ether oxygens (including phenoxy) is 1. The highest BCUT2D eigenvalue weighted by Crippen LogP contribution is 2.36. The lowest BCUT2D eigenvalue weighted by Crippen LogP contribution is -2.17. The molecule has 0 spiro atoms. The van der Waals surface area contributed by atoms with Crippen molar-refractivity contribution >= 4 is 21.7 Å². The lowest BCUT2D eigenvalue weighted by molar-refractivity contribution is 0.0965. The molecule has 0 aromatic heterocycles. The first-order chi connectivity index (χ1) is 10.1. The van der Waals surface area contributed by atoms with Gasteiger partial charge in [-0.3, -0.25) is 4.79 Å². The minimum Gasteiger partial charge on any atom is -0.493 e. The lowest BCUT2D eigenvalue weighted by atomic mass is 9.87. The van der Waals surface area contributed by atoms with Gasteiger partial charge in [0, 0.05) is 16.5 Å². The summed E-state index contributed by atoms with van der Waals surface area (Å²) in [6.45, 7) is 2.71. The normalized spacial score (nSPS) is 17.0. The van der Waals surface area contributed by atoms with Gasteiger partial charge in [0.25, 0.3) is 0 Å². The van der Waals surface area contributed by atoms with Crippen LogP contribution in [-0.4, -0.2) is 12.4 Å². The molecular formula is C18H17BrO2. The number of aryl methyl sites for hydroxylation is 1. The Hall–Kier alpha value is -1.61. The molecule has 2 aromatic carbocycles. The number of fused-ring (bicyclic) bond motifs is 1. The second kappa shape index (κ2) is 6.02. The fourth-order valence-electron chi connectivity index (χ4n) is 2.81. The van der Waals surface area contributed by atoms with E-state index in [4.69, 9.17) is 4.74 Å². The van der Waals surface area contributed by atoms with Crippen LogP contribution in [-0.2, 0) is 0 Å². The van der Waals surface area contributed by atoms with Crippen LogP contribution < -0.4 is 4.74 Å². The average Bonchev–Trinajstić information content (AvgIpc) is 2.47. The zero-order valence-electron chi connectivity index (χ0n) is 11.9. The maximum Gasteiger partial charge on any atom is 0.164 e. The largest absolute Gasteiger partial charge is 0.493 e. The Bertz CT molecular complexity index is 679. The number of carbonyl (C=O) groups excluding carboxylic acids is 1. The van der Waals surface area contributed by atoms with Gasteiger partial charge in [0.2, 0.25) is 0 Å². The van der Waals surface area contributed by atoms with Crippen LogP contribution in [0.4, 0.5) is 0 Å². The van der Waals surface area contributed by atoms with Crippen LogP contribution in [0.5, 0.6) is 5.75 Å². The van der Waals surface area contributed by atoms with E-state index in [1.807, 2.05) is 43.3 Å². The molecule has 0 radical (unpaired) electrons. The Morgan fingerprint density at radius 3 is 2.90 bits per heavy atom. The summed E-state index contributed by atoms with van der Waals surface area (Å²) >= 11 is 3.50. The molecule has 0 N–H and O–H groups in total. The van der Waals surface area contributed by atoms with E-state index < -0.39 is 0 Å². The van der Waals surface area contributed by atoms with Gasteiger partial charge in [-0.15, -0.1) is 0 Å². The van der Waals surface area contributed by atoms with Crippen LogP contribution in [0.2, 0.25) is 0 Å². The molecule has 1 aliphatic heterocycles. The molecule has 1 heterocycles. The zero-order valence-corrected chi connectivity index (χ0v) is 13.5. The summed E-state index contributed by atoms with van der Waals surface area (Å²) < 4.78 is 6.54. The fourth-order valence-corrected chi connectivity index (χ4v) is 3.52. The second-order valence-corrected chi connectivity index (χ2v) is 6.34. The molecule has 0 bridgehead atoms. The van der Waals surface area contributed by atoms with E-state index >= 15 is 0 Å². The summed E-state index contributed by atoms with van der Waals surface area (Å²) in [5.41, 5.74) is 3.07. The molecule has 0 aliphatic carbocycles. The van der Waals surface area contributed by atoms with Gasteiger partial charge >= 0.3 is 0 Å². The lowest BCUT2D eigenvalue weighted by Gasteiger charge is -2.25. The van der Waals surface area contributed by atoms with Crippen molar-refractivity contribution in [1.29, 1.82) is 0 Å². The highest BCUT2D eigenvalue weighted by molar-refractivity contribution is 9.10. The zero-order chi connectivity index (χ0) is 14.8. The molecule has 3 heteroatoms. The number of hydrogen-bond donors (Lipinski definition) is 0. The topological polar surface area (TPSA) is 26.3 Å². The number of benzene rings is 2. The molecular weight excluding hydrogens is 328 g/mol. The number of hydrogen-bond acceptors (Lipinski definition) is 2. The molecule has 108 valence electrons. The predicted octanol–water partition coefficient (Wildman–Crippen LogP) is 4.90. The van der Waals surface area contributed by atoms with Crippen molar-refractivity contribution in [2.45, 2.75) is 25.7 Å². The molecule has 0 fully saturated rings. The summed E-state index contributed by atoms with van der Waals surface area (Å²) in [6.07, 6.45) is 1.42. The molecule has 0 saturated carbocycles. The SMILES string of the molecule is Cc1ccc(C(=O)CC2CCOc3ccccc32)c(Br)c1. The Kier molecular flexibility index (Phi) is 4.11. The van der Waals surface area contributed by atoms with E-state index in [9.17, 15) is 4.79 Å². The third kappa shape index (κ3) is 3.03. The molecule has 21 heavy (non-hydrogen) atoms. The smallest absolute Gasteiger partial charge is 0.164 e.